The van der Waals surface area contributed by atoms with E-state index in [1.165, 1.54) is 0 Å². The van der Waals surface area contributed by atoms with Crippen LogP contribution in [0.15, 0.2) is 48.5 Å². The van der Waals surface area contributed by atoms with Gasteiger partial charge in [0, 0.05) is 24.2 Å². The SMILES string of the molecule is CCNC(=O)c1ccc(NC(=O)C(=O)NC2c3ccccc3CC2O)cc1. The molecule has 27 heavy (non-hydrogen) atoms. The largest absolute Gasteiger partial charge is 0.390 e. The van der Waals surface area contributed by atoms with Gasteiger partial charge < -0.3 is 21.1 Å². The van der Waals surface area contributed by atoms with Gasteiger partial charge >= 0.3 is 11.8 Å². The minimum absolute atomic E-state index is 0.206. The van der Waals surface area contributed by atoms with Crippen LogP contribution in [-0.4, -0.2) is 35.5 Å². The van der Waals surface area contributed by atoms with E-state index in [-0.39, 0.29) is 5.91 Å². The Bertz CT molecular complexity index is 864. The Hall–Kier alpha value is -3.19. The summed E-state index contributed by atoms with van der Waals surface area (Å²) in [7, 11) is 0. The van der Waals surface area contributed by atoms with Crippen LogP contribution < -0.4 is 16.0 Å². The van der Waals surface area contributed by atoms with Gasteiger partial charge in [-0.25, -0.2) is 0 Å². The highest BCUT2D eigenvalue weighted by atomic mass is 16.3. The molecule has 1 aliphatic rings. The molecule has 2 unspecified atom stereocenters. The Kier molecular flexibility index (Phi) is 5.52. The molecular formula is C20H21N3O4. The van der Waals surface area contributed by atoms with E-state index in [0.29, 0.717) is 24.2 Å². The highest BCUT2D eigenvalue weighted by Gasteiger charge is 2.33. The Morgan fingerprint density at radius 1 is 1.04 bits per heavy atom. The van der Waals surface area contributed by atoms with Crippen molar-refractivity contribution in [3.05, 3.63) is 65.2 Å². The first-order chi connectivity index (χ1) is 13.0. The molecule has 1 aliphatic carbocycles. The van der Waals surface area contributed by atoms with Crippen LogP contribution in [0.1, 0.15) is 34.5 Å². The van der Waals surface area contributed by atoms with Crippen molar-refractivity contribution in [1.29, 1.82) is 0 Å². The van der Waals surface area contributed by atoms with Crippen molar-refractivity contribution < 1.29 is 19.5 Å². The van der Waals surface area contributed by atoms with Crippen molar-refractivity contribution in [2.24, 2.45) is 0 Å². The van der Waals surface area contributed by atoms with Gasteiger partial charge in [-0.05, 0) is 42.3 Å². The number of hydrogen-bond donors (Lipinski definition) is 4. The van der Waals surface area contributed by atoms with E-state index in [1.807, 2.05) is 31.2 Å². The van der Waals surface area contributed by atoms with Crippen LogP contribution in [0.2, 0.25) is 0 Å². The highest BCUT2D eigenvalue weighted by molar-refractivity contribution is 6.39. The van der Waals surface area contributed by atoms with Crippen molar-refractivity contribution >= 4 is 23.4 Å². The summed E-state index contributed by atoms with van der Waals surface area (Å²) in [4.78, 5) is 36.1. The van der Waals surface area contributed by atoms with Gasteiger partial charge in [-0.2, -0.15) is 0 Å². The van der Waals surface area contributed by atoms with Crippen LogP contribution in [0.3, 0.4) is 0 Å². The van der Waals surface area contributed by atoms with Gasteiger partial charge in [0.2, 0.25) is 0 Å². The van der Waals surface area contributed by atoms with Gasteiger partial charge in [0.25, 0.3) is 5.91 Å². The Labute approximate surface area is 156 Å². The predicted molar refractivity (Wildman–Crippen MR) is 100 cm³/mol. The molecule has 140 valence electrons. The smallest absolute Gasteiger partial charge is 0.313 e. The quantitative estimate of drug-likeness (QED) is 0.608. The zero-order chi connectivity index (χ0) is 19.4. The van der Waals surface area contributed by atoms with Crippen LogP contribution >= 0.6 is 0 Å². The summed E-state index contributed by atoms with van der Waals surface area (Å²) in [5.41, 5.74) is 2.63. The van der Waals surface area contributed by atoms with Gasteiger partial charge in [-0.1, -0.05) is 24.3 Å². The summed E-state index contributed by atoms with van der Waals surface area (Å²) in [5, 5.41) is 17.9. The molecule has 4 N–H and O–H groups in total. The number of nitrogens with one attached hydrogen (secondary N) is 3. The summed E-state index contributed by atoms with van der Waals surface area (Å²) in [6.45, 7) is 2.35. The predicted octanol–water partition coefficient (Wildman–Crippen LogP) is 1.15. The zero-order valence-corrected chi connectivity index (χ0v) is 14.9. The number of anilines is 1. The standard InChI is InChI=1S/C20H21N3O4/c1-2-21-18(25)12-7-9-14(10-8-12)22-19(26)20(27)23-17-15-6-4-3-5-13(15)11-16(17)24/h3-10,16-17,24H,2,11H2,1H3,(H,21,25)(H,22,26)(H,23,27). The molecule has 0 saturated carbocycles. The van der Waals surface area contributed by atoms with Gasteiger partial charge in [0.15, 0.2) is 0 Å². The molecule has 3 amide bonds. The minimum Gasteiger partial charge on any atom is -0.390 e. The van der Waals surface area contributed by atoms with Gasteiger partial charge in [0.05, 0.1) is 12.1 Å². The number of carbonyl (C=O) groups is 3. The minimum atomic E-state index is -0.836. The van der Waals surface area contributed by atoms with E-state index >= 15 is 0 Å². The lowest BCUT2D eigenvalue weighted by Crippen LogP contribution is -2.40. The van der Waals surface area contributed by atoms with E-state index in [9.17, 15) is 19.5 Å². The van der Waals surface area contributed by atoms with Crippen LogP contribution in [-0.2, 0) is 16.0 Å². The molecule has 7 nitrogen and oxygen atoms in total. The molecule has 0 heterocycles. The first-order valence-corrected chi connectivity index (χ1v) is 8.75. The number of hydrogen-bond acceptors (Lipinski definition) is 4. The maximum absolute atomic E-state index is 12.2. The third-order valence-corrected chi connectivity index (χ3v) is 4.44. The topological polar surface area (TPSA) is 108 Å². The summed E-state index contributed by atoms with van der Waals surface area (Å²) < 4.78 is 0. The molecule has 2 atom stereocenters. The van der Waals surface area contributed by atoms with E-state index in [0.717, 1.165) is 11.1 Å². The molecule has 0 radical (unpaired) electrons. The average molecular weight is 367 g/mol. The molecule has 0 saturated heterocycles. The molecule has 3 rings (SSSR count). The lowest BCUT2D eigenvalue weighted by atomic mass is 10.1. The molecular weight excluding hydrogens is 346 g/mol. The van der Waals surface area contributed by atoms with Gasteiger partial charge in [-0.3, -0.25) is 14.4 Å². The number of aliphatic hydroxyl groups excluding tert-OH is 1. The monoisotopic (exact) mass is 367 g/mol. The Morgan fingerprint density at radius 3 is 2.44 bits per heavy atom. The summed E-state index contributed by atoms with van der Waals surface area (Å²) in [5.74, 6) is -1.87. The lowest BCUT2D eigenvalue weighted by Gasteiger charge is -2.17. The normalized spacial score (nSPS) is 17.7. The second-order valence-electron chi connectivity index (χ2n) is 6.31. The molecule has 0 fully saturated rings. The van der Waals surface area contributed by atoms with Crippen molar-refractivity contribution in [3.8, 4) is 0 Å². The van der Waals surface area contributed by atoms with E-state index in [4.69, 9.17) is 0 Å². The number of fused-ring (bicyclic) bond motifs is 1. The first kappa shape index (κ1) is 18.6. The molecule has 7 heteroatoms. The third-order valence-electron chi connectivity index (χ3n) is 4.44. The maximum atomic E-state index is 12.2. The van der Waals surface area contributed by atoms with Crippen LogP contribution in [0.25, 0.3) is 0 Å². The van der Waals surface area contributed by atoms with Gasteiger partial charge in [-0.15, -0.1) is 0 Å². The zero-order valence-electron chi connectivity index (χ0n) is 14.9. The number of rotatable bonds is 4. The number of carbonyl (C=O) groups excluding carboxylic acids is 3. The summed E-state index contributed by atoms with van der Waals surface area (Å²) in [6, 6.07) is 13.0. The molecule has 2 aromatic rings. The molecule has 0 aliphatic heterocycles. The number of amides is 3. The number of benzene rings is 2. The average Bonchev–Trinajstić information content (AvgIpc) is 2.98. The Balaban J connectivity index is 1.61. The summed E-state index contributed by atoms with van der Waals surface area (Å²) in [6.07, 6.45) is -0.333. The third kappa shape index (κ3) is 4.15. The Morgan fingerprint density at radius 2 is 1.74 bits per heavy atom. The van der Waals surface area contributed by atoms with Crippen LogP contribution in [0.5, 0.6) is 0 Å². The van der Waals surface area contributed by atoms with Crippen molar-refractivity contribution in [2.45, 2.75) is 25.5 Å². The first-order valence-electron chi connectivity index (χ1n) is 8.75. The van der Waals surface area contributed by atoms with Crippen LogP contribution in [0.4, 0.5) is 5.69 Å². The molecule has 0 aromatic heterocycles. The van der Waals surface area contributed by atoms with Crippen LogP contribution in [0, 0.1) is 0 Å². The summed E-state index contributed by atoms with van der Waals surface area (Å²) >= 11 is 0. The lowest BCUT2D eigenvalue weighted by molar-refractivity contribution is -0.137. The number of aliphatic hydroxyl groups is 1. The fourth-order valence-electron chi connectivity index (χ4n) is 3.11. The second kappa shape index (κ2) is 8.01. The van der Waals surface area contributed by atoms with Crippen molar-refractivity contribution in [3.63, 3.8) is 0 Å². The van der Waals surface area contributed by atoms with Crippen molar-refractivity contribution in [1.82, 2.24) is 10.6 Å². The maximum Gasteiger partial charge on any atom is 0.313 e. The molecule has 0 spiro atoms. The molecule has 2 aromatic carbocycles. The van der Waals surface area contributed by atoms with E-state index in [2.05, 4.69) is 16.0 Å². The molecule has 0 bridgehead atoms. The second-order valence-corrected chi connectivity index (χ2v) is 6.31. The fraction of sp³-hybridized carbons (Fsp3) is 0.250. The van der Waals surface area contributed by atoms with Crippen molar-refractivity contribution in [2.75, 3.05) is 11.9 Å². The highest BCUT2D eigenvalue weighted by Crippen LogP contribution is 2.31. The van der Waals surface area contributed by atoms with E-state index in [1.54, 1.807) is 24.3 Å². The van der Waals surface area contributed by atoms with E-state index < -0.39 is 24.0 Å². The fourth-order valence-corrected chi connectivity index (χ4v) is 3.11. The van der Waals surface area contributed by atoms with Gasteiger partial charge in [0.1, 0.15) is 0 Å².